The number of hydrogen-bond donors (Lipinski definition) is 1. The summed E-state index contributed by atoms with van der Waals surface area (Å²) in [6.07, 6.45) is 0. The Balaban J connectivity index is 2.36. The number of aliphatic hydroxyl groups is 1. The van der Waals surface area contributed by atoms with Gasteiger partial charge in [0.25, 0.3) is 0 Å². The molecule has 3 rings (SSSR count). The van der Waals surface area contributed by atoms with Crippen molar-refractivity contribution < 1.29 is 14.6 Å². The summed E-state index contributed by atoms with van der Waals surface area (Å²) in [4.78, 5) is 0. The monoisotopic (exact) mass is 320 g/mol. The van der Waals surface area contributed by atoms with Crippen LogP contribution in [0.2, 0.25) is 0 Å². The van der Waals surface area contributed by atoms with Crippen LogP contribution in [0.5, 0.6) is 11.5 Å². The minimum Gasteiger partial charge on any atom is -0.496 e. The Morgan fingerprint density at radius 2 is 1.04 bits per heavy atom. The molecular weight excluding hydrogens is 300 g/mol. The van der Waals surface area contributed by atoms with Crippen LogP contribution in [-0.2, 0) is 5.60 Å². The molecule has 0 amide bonds. The Morgan fingerprint density at radius 3 is 1.42 bits per heavy atom. The van der Waals surface area contributed by atoms with E-state index < -0.39 is 5.60 Å². The maximum Gasteiger partial charge on any atom is 0.147 e. The fourth-order valence-electron chi connectivity index (χ4n) is 3.02. The lowest BCUT2D eigenvalue weighted by Crippen LogP contribution is -2.30. The number of hydrogen-bond acceptors (Lipinski definition) is 3. The zero-order valence-electron chi connectivity index (χ0n) is 13.8. The van der Waals surface area contributed by atoms with E-state index in [1.165, 1.54) is 0 Å². The van der Waals surface area contributed by atoms with Crippen LogP contribution in [0.4, 0.5) is 0 Å². The van der Waals surface area contributed by atoms with Gasteiger partial charge < -0.3 is 14.6 Å². The van der Waals surface area contributed by atoms with Crippen LogP contribution in [0.3, 0.4) is 0 Å². The van der Waals surface area contributed by atoms with E-state index in [0.717, 1.165) is 11.1 Å². The van der Waals surface area contributed by atoms with Crippen LogP contribution in [-0.4, -0.2) is 19.3 Å². The van der Waals surface area contributed by atoms with Crippen molar-refractivity contribution in [3.63, 3.8) is 0 Å². The average Bonchev–Trinajstić information content (AvgIpc) is 2.68. The van der Waals surface area contributed by atoms with Crippen molar-refractivity contribution in [2.75, 3.05) is 14.2 Å². The largest absolute Gasteiger partial charge is 0.496 e. The van der Waals surface area contributed by atoms with Gasteiger partial charge in [-0.2, -0.15) is 0 Å². The number of ether oxygens (including phenoxy) is 2. The second-order valence-corrected chi connectivity index (χ2v) is 5.48. The minimum absolute atomic E-state index is 0.574. The molecular formula is C21H20O3. The Morgan fingerprint density at radius 1 is 0.625 bits per heavy atom. The van der Waals surface area contributed by atoms with E-state index >= 15 is 0 Å². The van der Waals surface area contributed by atoms with Gasteiger partial charge in [0, 0.05) is 0 Å². The summed E-state index contributed by atoms with van der Waals surface area (Å²) in [5.41, 5.74) is 0.700. The van der Waals surface area contributed by atoms with E-state index in [1.54, 1.807) is 14.2 Å². The molecule has 0 saturated heterocycles. The maximum atomic E-state index is 11.9. The Hall–Kier alpha value is -2.78. The van der Waals surface area contributed by atoms with Gasteiger partial charge in [-0.15, -0.1) is 0 Å². The van der Waals surface area contributed by atoms with E-state index in [4.69, 9.17) is 9.47 Å². The summed E-state index contributed by atoms with van der Waals surface area (Å²) in [5, 5.41) is 11.9. The van der Waals surface area contributed by atoms with Crippen LogP contribution in [0.15, 0.2) is 78.9 Å². The first kappa shape index (κ1) is 16.1. The predicted molar refractivity (Wildman–Crippen MR) is 94.5 cm³/mol. The molecule has 0 aliphatic heterocycles. The molecule has 3 aromatic carbocycles. The average molecular weight is 320 g/mol. The van der Waals surface area contributed by atoms with Crippen LogP contribution >= 0.6 is 0 Å². The topological polar surface area (TPSA) is 38.7 Å². The first-order valence-electron chi connectivity index (χ1n) is 7.76. The maximum absolute atomic E-state index is 11.9. The summed E-state index contributed by atoms with van der Waals surface area (Å²) in [5.74, 6) is 1.15. The molecule has 24 heavy (non-hydrogen) atoms. The quantitative estimate of drug-likeness (QED) is 0.723. The highest BCUT2D eigenvalue weighted by Gasteiger charge is 2.39. The summed E-state index contributed by atoms with van der Waals surface area (Å²) < 4.78 is 11.1. The van der Waals surface area contributed by atoms with Gasteiger partial charge in [0.2, 0.25) is 0 Å². The molecule has 0 bridgehead atoms. The van der Waals surface area contributed by atoms with Gasteiger partial charge in [0.1, 0.15) is 17.1 Å². The smallest absolute Gasteiger partial charge is 0.147 e. The summed E-state index contributed by atoms with van der Waals surface area (Å²) >= 11 is 0. The predicted octanol–water partition coefficient (Wildman–Crippen LogP) is 3.99. The fraction of sp³-hybridized carbons (Fsp3) is 0.143. The highest BCUT2D eigenvalue weighted by Crippen LogP contribution is 2.45. The lowest BCUT2D eigenvalue weighted by Gasteiger charge is -2.32. The molecule has 0 aromatic heterocycles. The van der Waals surface area contributed by atoms with E-state index in [-0.39, 0.29) is 0 Å². The zero-order valence-corrected chi connectivity index (χ0v) is 13.8. The molecule has 0 spiro atoms. The minimum atomic E-state index is -1.39. The van der Waals surface area contributed by atoms with Gasteiger partial charge in [0.15, 0.2) is 0 Å². The zero-order chi connectivity index (χ0) is 17.0. The molecule has 0 atom stereocenters. The Bertz CT molecular complexity index is 736. The summed E-state index contributed by atoms with van der Waals surface area (Å²) in [6, 6.07) is 24.6. The normalized spacial score (nSPS) is 11.1. The molecule has 122 valence electrons. The van der Waals surface area contributed by atoms with Crippen molar-refractivity contribution in [1.29, 1.82) is 0 Å². The second kappa shape index (κ2) is 6.77. The first-order valence-corrected chi connectivity index (χ1v) is 7.76. The highest BCUT2D eigenvalue weighted by atomic mass is 16.5. The third-order valence-electron chi connectivity index (χ3n) is 4.17. The van der Waals surface area contributed by atoms with Crippen molar-refractivity contribution >= 4 is 0 Å². The molecule has 0 radical (unpaired) electrons. The SMILES string of the molecule is COc1cccc(OC)c1C(O)(c1ccccc1)c1ccccc1. The molecule has 3 aromatic rings. The van der Waals surface area contributed by atoms with E-state index in [0.29, 0.717) is 17.1 Å². The fourth-order valence-corrected chi connectivity index (χ4v) is 3.02. The van der Waals surface area contributed by atoms with Gasteiger partial charge in [-0.25, -0.2) is 0 Å². The summed E-state index contributed by atoms with van der Waals surface area (Å²) in [6.45, 7) is 0. The standard InChI is InChI=1S/C21H20O3/c1-23-18-14-9-15-19(24-2)20(18)21(22,16-10-5-3-6-11-16)17-12-7-4-8-13-17/h3-15,22H,1-2H3. The third-order valence-corrected chi connectivity index (χ3v) is 4.17. The van der Waals surface area contributed by atoms with Gasteiger partial charge in [-0.05, 0) is 23.3 Å². The van der Waals surface area contributed by atoms with Gasteiger partial charge in [-0.1, -0.05) is 66.7 Å². The van der Waals surface area contributed by atoms with Crippen LogP contribution < -0.4 is 9.47 Å². The molecule has 0 aliphatic rings. The molecule has 1 N–H and O–H groups in total. The van der Waals surface area contributed by atoms with Gasteiger partial charge >= 0.3 is 0 Å². The Kier molecular flexibility index (Phi) is 4.54. The summed E-state index contributed by atoms with van der Waals surface area (Å²) in [7, 11) is 3.18. The Labute approximate surface area is 142 Å². The lowest BCUT2D eigenvalue weighted by molar-refractivity contribution is 0.118. The van der Waals surface area contributed by atoms with Crippen LogP contribution in [0.25, 0.3) is 0 Å². The van der Waals surface area contributed by atoms with Crippen molar-refractivity contribution in [1.82, 2.24) is 0 Å². The van der Waals surface area contributed by atoms with E-state index in [9.17, 15) is 5.11 Å². The van der Waals surface area contributed by atoms with E-state index in [2.05, 4.69) is 0 Å². The number of rotatable bonds is 5. The van der Waals surface area contributed by atoms with Crippen molar-refractivity contribution in [3.05, 3.63) is 95.6 Å². The third kappa shape index (κ3) is 2.63. The van der Waals surface area contributed by atoms with Gasteiger partial charge in [0.05, 0.1) is 19.8 Å². The molecule has 0 heterocycles. The molecule has 0 fully saturated rings. The van der Waals surface area contributed by atoms with Crippen molar-refractivity contribution in [2.45, 2.75) is 5.60 Å². The highest BCUT2D eigenvalue weighted by molar-refractivity contribution is 5.58. The number of benzene rings is 3. The molecule has 0 unspecified atom stereocenters. The second-order valence-electron chi connectivity index (χ2n) is 5.48. The first-order chi connectivity index (χ1) is 11.7. The molecule has 3 nitrogen and oxygen atoms in total. The van der Waals surface area contributed by atoms with E-state index in [1.807, 2.05) is 78.9 Å². The van der Waals surface area contributed by atoms with Crippen LogP contribution in [0, 0.1) is 0 Å². The lowest BCUT2D eigenvalue weighted by atomic mass is 9.79. The van der Waals surface area contributed by atoms with Gasteiger partial charge in [-0.3, -0.25) is 0 Å². The molecule has 3 heteroatoms. The molecule has 0 aliphatic carbocycles. The van der Waals surface area contributed by atoms with Crippen molar-refractivity contribution in [2.24, 2.45) is 0 Å². The number of methoxy groups -OCH3 is 2. The molecule has 0 saturated carbocycles. The van der Waals surface area contributed by atoms with Crippen molar-refractivity contribution in [3.8, 4) is 11.5 Å². The van der Waals surface area contributed by atoms with Crippen LogP contribution in [0.1, 0.15) is 16.7 Å².